The SMILES string of the molecule is CCc1nc2c(C(CO)N3CCCCC3CC)cc(Cl)cc2cc1C. The summed E-state index contributed by atoms with van der Waals surface area (Å²) < 4.78 is 0. The Balaban J connectivity index is 2.14. The Hall–Kier alpha value is -1.16. The van der Waals surface area contributed by atoms with Crippen LogP contribution in [0.3, 0.4) is 0 Å². The van der Waals surface area contributed by atoms with Crippen LogP contribution in [0.1, 0.15) is 62.4 Å². The van der Waals surface area contributed by atoms with Gasteiger partial charge in [-0.2, -0.15) is 0 Å². The molecule has 2 aromatic rings. The first kappa shape index (κ1) is 18.6. The second kappa shape index (κ2) is 8.03. The summed E-state index contributed by atoms with van der Waals surface area (Å²) in [7, 11) is 0. The number of fused-ring (bicyclic) bond motifs is 1. The number of aryl methyl sites for hydroxylation is 2. The van der Waals surface area contributed by atoms with E-state index in [9.17, 15) is 5.11 Å². The van der Waals surface area contributed by atoms with Gasteiger partial charge in [0.15, 0.2) is 0 Å². The van der Waals surface area contributed by atoms with Crippen LogP contribution in [-0.2, 0) is 6.42 Å². The number of aromatic nitrogens is 1. The normalized spacial score (nSPS) is 20.1. The van der Waals surface area contributed by atoms with Gasteiger partial charge >= 0.3 is 0 Å². The minimum atomic E-state index is -0.0358. The number of piperidine rings is 1. The van der Waals surface area contributed by atoms with E-state index in [-0.39, 0.29) is 12.6 Å². The van der Waals surface area contributed by atoms with Crippen LogP contribution >= 0.6 is 11.6 Å². The number of aliphatic hydroxyl groups is 1. The lowest BCUT2D eigenvalue weighted by atomic mass is 9.93. The standard InChI is InChI=1S/C21H29ClN2O/c1-4-17-8-6-7-9-24(17)20(13-25)18-12-16(22)11-15-10-14(3)19(5-2)23-21(15)18/h10-12,17,20,25H,4-9,13H2,1-3H3. The molecule has 0 saturated carbocycles. The summed E-state index contributed by atoms with van der Waals surface area (Å²) in [4.78, 5) is 7.43. The molecule has 1 aliphatic rings. The van der Waals surface area contributed by atoms with E-state index in [1.165, 1.54) is 24.8 Å². The molecule has 0 aliphatic carbocycles. The zero-order valence-electron chi connectivity index (χ0n) is 15.6. The summed E-state index contributed by atoms with van der Waals surface area (Å²) in [6.07, 6.45) is 5.70. The average Bonchev–Trinajstić information content (AvgIpc) is 2.62. The molecule has 0 spiro atoms. The van der Waals surface area contributed by atoms with E-state index in [4.69, 9.17) is 16.6 Å². The van der Waals surface area contributed by atoms with Crippen molar-refractivity contribution in [3.05, 3.63) is 40.0 Å². The molecular formula is C21H29ClN2O. The van der Waals surface area contributed by atoms with E-state index in [0.717, 1.165) is 46.6 Å². The summed E-state index contributed by atoms with van der Waals surface area (Å²) in [5.74, 6) is 0. The average molecular weight is 361 g/mol. The van der Waals surface area contributed by atoms with Crippen molar-refractivity contribution in [1.82, 2.24) is 9.88 Å². The van der Waals surface area contributed by atoms with Crippen molar-refractivity contribution in [3.8, 4) is 0 Å². The second-order valence-electron chi connectivity index (χ2n) is 7.17. The smallest absolute Gasteiger partial charge is 0.0755 e. The van der Waals surface area contributed by atoms with Crippen molar-refractivity contribution in [2.45, 2.75) is 65.0 Å². The lowest BCUT2D eigenvalue weighted by Gasteiger charge is -2.40. The van der Waals surface area contributed by atoms with Crippen LogP contribution in [0.2, 0.25) is 5.02 Å². The van der Waals surface area contributed by atoms with E-state index < -0.39 is 0 Å². The fourth-order valence-electron chi connectivity index (χ4n) is 4.29. The maximum atomic E-state index is 10.3. The van der Waals surface area contributed by atoms with Crippen LogP contribution in [0.15, 0.2) is 18.2 Å². The lowest BCUT2D eigenvalue weighted by molar-refractivity contribution is 0.0552. The predicted octanol–water partition coefficient (Wildman–Crippen LogP) is 5.06. The molecule has 0 bridgehead atoms. The van der Waals surface area contributed by atoms with Gasteiger partial charge in [-0.1, -0.05) is 31.9 Å². The molecule has 0 radical (unpaired) electrons. The highest BCUT2D eigenvalue weighted by Gasteiger charge is 2.30. The second-order valence-corrected chi connectivity index (χ2v) is 7.60. The number of likely N-dealkylation sites (tertiary alicyclic amines) is 1. The van der Waals surface area contributed by atoms with Crippen molar-refractivity contribution < 1.29 is 5.11 Å². The Kier molecular flexibility index (Phi) is 5.98. The third-order valence-electron chi connectivity index (χ3n) is 5.62. The Morgan fingerprint density at radius 2 is 2.08 bits per heavy atom. The maximum Gasteiger partial charge on any atom is 0.0755 e. The number of aliphatic hydroxyl groups excluding tert-OH is 1. The molecule has 1 N–H and O–H groups in total. The van der Waals surface area contributed by atoms with E-state index in [1.54, 1.807) is 0 Å². The van der Waals surface area contributed by atoms with E-state index in [1.807, 2.05) is 12.1 Å². The zero-order chi connectivity index (χ0) is 18.0. The number of benzene rings is 1. The number of rotatable bonds is 5. The van der Waals surface area contributed by atoms with E-state index in [2.05, 4.69) is 31.7 Å². The minimum absolute atomic E-state index is 0.0358. The molecule has 2 heterocycles. The molecule has 3 rings (SSSR count). The first-order chi connectivity index (χ1) is 12.1. The van der Waals surface area contributed by atoms with Crippen molar-refractivity contribution >= 4 is 22.5 Å². The lowest BCUT2D eigenvalue weighted by Crippen LogP contribution is -2.43. The maximum absolute atomic E-state index is 10.3. The summed E-state index contributed by atoms with van der Waals surface area (Å²) in [5.41, 5.74) is 4.39. The summed E-state index contributed by atoms with van der Waals surface area (Å²) >= 11 is 6.43. The van der Waals surface area contributed by atoms with Gasteiger partial charge in [-0.05, 0) is 68.5 Å². The highest BCUT2D eigenvalue weighted by Crippen LogP contribution is 2.35. The molecule has 4 heteroatoms. The van der Waals surface area contributed by atoms with Crippen molar-refractivity contribution in [3.63, 3.8) is 0 Å². The number of halogens is 1. The first-order valence-electron chi connectivity index (χ1n) is 9.55. The molecule has 2 unspecified atom stereocenters. The Morgan fingerprint density at radius 3 is 2.76 bits per heavy atom. The highest BCUT2D eigenvalue weighted by atomic mass is 35.5. The van der Waals surface area contributed by atoms with Gasteiger partial charge in [0.25, 0.3) is 0 Å². The molecule has 1 saturated heterocycles. The first-order valence-corrected chi connectivity index (χ1v) is 9.93. The number of nitrogens with zero attached hydrogens (tertiary/aromatic N) is 2. The van der Waals surface area contributed by atoms with Gasteiger partial charge in [-0.15, -0.1) is 0 Å². The van der Waals surface area contributed by atoms with E-state index in [0.29, 0.717) is 6.04 Å². The molecule has 3 nitrogen and oxygen atoms in total. The third-order valence-corrected chi connectivity index (χ3v) is 5.84. The Labute approximate surface area is 156 Å². The van der Waals surface area contributed by atoms with Crippen LogP contribution in [0.4, 0.5) is 0 Å². The number of pyridine rings is 1. The largest absolute Gasteiger partial charge is 0.394 e. The predicted molar refractivity (Wildman–Crippen MR) is 105 cm³/mol. The van der Waals surface area contributed by atoms with Crippen LogP contribution in [0, 0.1) is 6.92 Å². The van der Waals surface area contributed by atoms with Crippen molar-refractivity contribution in [1.29, 1.82) is 0 Å². The quantitative estimate of drug-likeness (QED) is 0.809. The number of hydrogen-bond acceptors (Lipinski definition) is 3. The van der Waals surface area contributed by atoms with Gasteiger partial charge in [0.05, 0.1) is 18.2 Å². The molecular weight excluding hydrogens is 332 g/mol. The van der Waals surface area contributed by atoms with Gasteiger partial charge in [-0.25, -0.2) is 0 Å². The van der Waals surface area contributed by atoms with Gasteiger partial charge in [-0.3, -0.25) is 9.88 Å². The summed E-state index contributed by atoms with van der Waals surface area (Å²) in [5, 5.41) is 12.1. The molecule has 25 heavy (non-hydrogen) atoms. The van der Waals surface area contributed by atoms with Crippen LogP contribution in [-0.4, -0.2) is 34.2 Å². The minimum Gasteiger partial charge on any atom is -0.394 e. The van der Waals surface area contributed by atoms with Crippen molar-refractivity contribution in [2.75, 3.05) is 13.2 Å². The molecule has 0 amide bonds. The topological polar surface area (TPSA) is 36.4 Å². The third kappa shape index (κ3) is 3.69. The Morgan fingerprint density at radius 1 is 1.28 bits per heavy atom. The van der Waals surface area contributed by atoms with Crippen LogP contribution in [0.5, 0.6) is 0 Å². The summed E-state index contributed by atoms with van der Waals surface area (Å²) in [6.45, 7) is 7.61. The van der Waals surface area contributed by atoms with E-state index >= 15 is 0 Å². The molecule has 2 atom stereocenters. The van der Waals surface area contributed by atoms with Gasteiger partial charge < -0.3 is 5.11 Å². The molecule has 1 aromatic carbocycles. The zero-order valence-corrected chi connectivity index (χ0v) is 16.3. The molecule has 1 fully saturated rings. The molecule has 1 aromatic heterocycles. The van der Waals surface area contributed by atoms with Gasteiger partial charge in [0.2, 0.25) is 0 Å². The monoisotopic (exact) mass is 360 g/mol. The van der Waals surface area contributed by atoms with Gasteiger partial charge in [0, 0.05) is 22.1 Å². The van der Waals surface area contributed by atoms with Crippen LogP contribution in [0.25, 0.3) is 10.9 Å². The fraction of sp³-hybridized carbons (Fsp3) is 0.571. The highest BCUT2D eigenvalue weighted by molar-refractivity contribution is 6.31. The molecule has 1 aliphatic heterocycles. The summed E-state index contributed by atoms with van der Waals surface area (Å²) in [6, 6.07) is 6.66. The number of hydrogen-bond donors (Lipinski definition) is 1. The van der Waals surface area contributed by atoms with Gasteiger partial charge in [0.1, 0.15) is 0 Å². The van der Waals surface area contributed by atoms with Crippen molar-refractivity contribution in [2.24, 2.45) is 0 Å². The van der Waals surface area contributed by atoms with Crippen LogP contribution < -0.4 is 0 Å². The molecule has 136 valence electrons. The fourth-order valence-corrected chi connectivity index (χ4v) is 4.52. The Bertz CT molecular complexity index is 746.